The lowest BCUT2D eigenvalue weighted by molar-refractivity contribution is 0.159. The number of alkyl halides is 1. The van der Waals surface area contributed by atoms with E-state index in [2.05, 4.69) is 6.58 Å². The van der Waals surface area contributed by atoms with Crippen molar-refractivity contribution in [2.45, 2.75) is 12.7 Å². The largest absolute Gasteiger partial charge is 0.352 e. The predicted molar refractivity (Wildman–Crippen MR) is 53.0 cm³/mol. The molecule has 1 rings (SSSR count). The normalized spacial score (nSPS) is 12.2. The molecule has 1 unspecified atom stereocenters. The zero-order valence-electron chi connectivity index (χ0n) is 7.78. The molecule has 0 radical (unpaired) electrons. The quantitative estimate of drug-likeness (QED) is 0.642. The van der Waals surface area contributed by atoms with Gasteiger partial charge in [0, 0.05) is 13.5 Å². The van der Waals surface area contributed by atoms with Crippen LogP contribution in [0.4, 0.5) is 4.39 Å². The summed E-state index contributed by atoms with van der Waals surface area (Å²) in [6.07, 6.45) is 0.914. The van der Waals surface area contributed by atoms with Gasteiger partial charge in [-0.15, -0.1) is 0 Å². The van der Waals surface area contributed by atoms with E-state index in [0.717, 1.165) is 5.56 Å². The molecule has 13 heavy (non-hydrogen) atoms. The van der Waals surface area contributed by atoms with E-state index in [1.165, 1.54) is 11.1 Å². The van der Waals surface area contributed by atoms with Crippen LogP contribution < -0.4 is 0 Å². The standard InChI is InChI=1S/C11H14FN/c1-3-13(2)11(12)9-10-7-5-4-6-8-10/h3-8,11H,1,9H2,2H3. The van der Waals surface area contributed by atoms with Crippen molar-refractivity contribution in [1.82, 2.24) is 4.90 Å². The molecule has 70 valence electrons. The molecule has 1 aromatic rings. The van der Waals surface area contributed by atoms with Crippen LogP contribution in [0.2, 0.25) is 0 Å². The first-order valence-electron chi connectivity index (χ1n) is 4.26. The second-order valence-corrected chi connectivity index (χ2v) is 2.97. The topological polar surface area (TPSA) is 3.24 Å². The van der Waals surface area contributed by atoms with Crippen molar-refractivity contribution in [2.24, 2.45) is 0 Å². The van der Waals surface area contributed by atoms with Gasteiger partial charge in [-0.2, -0.15) is 0 Å². The Morgan fingerprint density at radius 2 is 2.08 bits per heavy atom. The average molecular weight is 179 g/mol. The molecule has 0 N–H and O–H groups in total. The summed E-state index contributed by atoms with van der Waals surface area (Å²) in [6.45, 7) is 3.51. The second kappa shape index (κ2) is 4.65. The lowest BCUT2D eigenvalue weighted by Gasteiger charge is -2.18. The highest BCUT2D eigenvalue weighted by Gasteiger charge is 2.09. The van der Waals surface area contributed by atoms with Crippen LogP contribution in [0.15, 0.2) is 43.1 Å². The highest BCUT2D eigenvalue weighted by molar-refractivity contribution is 5.15. The molecule has 2 heteroatoms. The van der Waals surface area contributed by atoms with Crippen molar-refractivity contribution in [1.29, 1.82) is 0 Å². The number of benzene rings is 1. The van der Waals surface area contributed by atoms with Crippen molar-refractivity contribution >= 4 is 0 Å². The number of likely N-dealkylation sites (N-methyl/N-ethyl adjacent to an activating group) is 1. The molecule has 0 heterocycles. The number of rotatable bonds is 4. The van der Waals surface area contributed by atoms with Gasteiger partial charge < -0.3 is 4.90 Å². The first-order valence-corrected chi connectivity index (χ1v) is 4.26. The fourth-order valence-corrected chi connectivity index (χ4v) is 1.07. The smallest absolute Gasteiger partial charge is 0.175 e. The summed E-state index contributed by atoms with van der Waals surface area (Å²) in [5.74, 6) is 0. The van der Waals surface area contributed by atoms with Crippen LogP contribution >= 0.6 is 0 Å². The van der Waals surface area contributed by atoms with Gasteiger partial charge in [-0.1, -0.05) is 36.9 Å². The van der Waals surface area contributed by atoms with Crippen LogP contribution in [0.25, 0.3) is 0 Å². The van der Waals surface area contributed by atoms with Crippen LogP contribution in [-0.4, -0.2) is 18.2 Å². The maximum absolute atomic E-state index is 13.3. The molecule has 0 aromatic heterocycles. The number of hydrogen-bond donors (Lipinski definition) is 0. The van der Waals surface area contributed by atoms with Crippen molar-refractivity contribution < 1.29 is 4.39 Å². The van der Waals surface area contributed by atoms with Gasteiger partial charge in [-0.3, -0.25) is 0 Å². The fraction of sp³-hybridized carbons (Fsp3) is 0.273. The molecule has 1 nitrogen and oxygen atoms in total. The molecule has 0 aliphatic carbocycles. The first-order chi connectivity index (χ1) is 6.24. The van der Waals surface area contributed by atoms with Gasteiger partial charge in [0.15, 0.2) is 6.30 Å². The van der Waals surface area contributed by atoms with E-state index in [9.17, 15) is 4.39 Å². The number of hydrogen-bond acceptors (Lipinski definition) is 1. The highest BCUT2D eigenvalue weighted by Crippen LogP contribution is 2.08. The summed E-state index contributed by atoms with van der Waals surface area (Å²) in [7, 11) is 1.68. The van der Waals surface area contributed by atoms with Gasteiger partial charge in [0.25, 0.3) is 0 Å². The SMILES string of the molecule is C=CN(C)C(F)Cc1ccccc1. The Labute approximate surface area is 78.5 Å². The van der Waals surface area contributed by atoms with E-state index < -0.39 is 6.30 Å². The number of nitrogens with zero attached hydrogens (tertiary/aromatic N) is 1. The van der Waals surface area contributed by atoms with E-state index in [1.807, 2.05) is 30.3 Å². The molecule has 0 saturated carbocycles. The van der Waals surface area contributed by atoms with E-state index in [-0.39, 0.29) is 0 Å². The van der Waals surface area contributed by atoms with E-state index in [4.69, 9.17) is 0 Å². The van der Waals surface area contributed by atoms with E-state index in [1.54, 1.807) is 7.05 Å². The van der Waals surface area contributed by atoms with Crippen LogP contribution in [0.3, 0.4) is 0 Å². The second-order valence-electron chi connectivity index (χ2n) is 2.97. The molecular weight excluding hydrogens is 165 g/mol. The molecular formula is C11H14FN. The van der Waals surface area contributed by atoms with Crippen LogP contribution in [0.5, 0.6) is 0 Å². The zero-order valence-corrected chi connectivity index (χ0v) is 7.78. The van der Waals surface area contributed by atoms with Gasteiger partial charge in [0.05, 0.1) is 0 Å². The Morgan fingerprint density at radius 1 is 1.46 bits per heavy atom. The predicted octanol–water partition coefficient (Wildman–Crippen LogP) is 2.60. The summed E-state index contributed by atoms with van der Waals surface area (Å²) < 4.78 is 13.3. The maximum atomic E-state index is 13.3. The van der Waals surface area contributed by atoms with Gasteiger partial charge in [0.2, 0.25) is 0 Å². The Balaban J connectivity index is 2.54. The third-order valence-electron chi connectivity index (χ3n) is 1.98. The Kier molecular flexibility index (Phi) is 3.50. The minimum atomic E-state index is -0.986. The summed E-state index contributed by atoms with van der Waals surface area (Å²) >= 11 is 0. The summed E-state index contributed by atoms with van der Waals surface area (Å²) in [5.41, 5.74) is 1.00. The Morgan fingerprint density at radius 3 is 2.62 bits per heavy atom. The average Bonchev–Trinajstić information content (AvgIpc) is 2.18. The summed E-state index contributed by atoms with van der Waals surface area (Å²) in [4.78, 5) is 1.47. The molecule has 0 fully saturated rings. The Hall–Kier alpha value is -1.31. The molecule has 0 aliphatic rings. The van der Waals surface area contributed by atoms with Gasteiger partial charge in [-0.25, -0.2) is 4.39 Å². The maximum Gasteiger partial charge on any atom is 0.175 e. The zero-order chi connectivity index (χ0) is 9.68. The lowest BCUT2D eigenvalue weighted by atomic mass is 10.1. The molecule has 0 aliphatic heterocycles. The van der Waals surface area contributed by atoms with Crippen molar-refractivity contribution in [3.05, 3.63) is 48.7 Å². The Bertz CT molecular complexity index is 258. The molecule has 0 saturated heterocycles. The third kappa shape index (κ3) is 2.90. The van der Waals surface area contributed by atoms with Crippen LogP contribution in [0, 0.1) is 0 Å². The molecule has 0 bridgehead atoms. The van der Waals surface area contributed by atoms with E-state index >= 15 is 0 Å². The van der Waals surface area contributed by atoms with Crippen molar-refractivity contribution in [2.75, 3.05) is 7.05 Å². The van der Waals surface area contributed by atoms with Crippen molar-refractivity contribution in [3.8, 4) is 0 Å². The van der Waals surface area contributed by atoms with Crippen LogP contribution in [-0.2, 0) is 6.42 Å². The summed E-state index contributed by atoms with van der Waals surface area (Å²) in [5, 5.41) is 0. The third-order valence-corrected chi connectivity index (χ3v) is 1.98. The number of halogens is 1. The molecule has 0 amide bonds. The van der Waals surface area contributed by atoms with Crippen molar-refractivity contribution in [3.63, 3.8) is 0 Å². The van der Waals surface area contributed by atoms with Gasteiger partial charge in [-0.05, 0) is 11.8 Å². The molecule has 1 atom stereocenters. The van der Waals surface area contributed by atoms with E-state index in [0.29, 0.717) is 6.42 Å². The molecule has 1 aromatic carbocycles. The minimum Gasteiger partial charge on any atom is -0.352 e. The summed E-state index contributed by atoms with van der Waals surface area (Å²) in [6, 6.07) is 9.59. The lowest BCUT2D eigenvalue weighted by Crippen LogP contribution is -2.24. The monoisotopic (exact) mass is 179 g/mol. The van der Waals surface area contributed by atoms with Gasteiger partial charge >= 0.3 is 0 Å². The minimum absolute atomic E-state index is 0.406. The van der Waals surface area contributed by atoms with Gasteiger partial charge in [0.1, 0.15) is 0 Å². The first kappa shape index (κ1) is 9.78. The van der Waals surface area contributed by atoms with Crippen LogP contribution in [0.1, 0.15) is 5.56 Å². The fourth-order valence-electron chi connectivity index (χ4n) is 1.07. The highest BCUT2D eigenvalue weighted by atomic mass is 19.1. The molecule has 0 spiro atoms.